The summed E-state index contributed by atoms with van der Waals surface area (Å²) in [5, 5.41) is 8.83. The van der Waals surface area contributed by atoms with Gasteiger partial charge in [0, 0.05) is 5.69 Å². The van der Waals surface area contributed by atoms with Crippen molar-refractivity contribution in [2.75, 3.05) is 12.4 Å². The second-order valence-corrected chi connectivity index (χ2v) is 8.14. The van der Waals surface area contributed by atoms with Gasteiger partial charge in [-0.15, -0.1) is 0 Å². The first-order valence-electron chi connectivity index (χ1n) is 9.12. The first kappa shape index (κ1) is 20.2. The molecule has 4 aromatic rings. The van der Waals surface area contributed by atoms with E-state index in [9.17, 15) is 4.79 Å². The molecular weight excluding hydrogens is 422 g/mol. The number of nitrogens with one attached hydrogen (secondary N) is 1. The highest BCUT2D eigenvalue weighted by molar-refractivity contribution is 8.00. The van der Waals surface area contributed by atoms with Gasteiger partial charge < -0.3 is 10.1 Å². The van der Waals surface area contributed by atoms with Crippen molar-refractivity contribution in [3.05, 3.63) is 66.1 Å². The minimum Gasteiger partial charge on any atom is -0.495 e. The van der Waals surface area contributed by atoms with Crippen molar-refractivity contribution in [1.82, 2.24) is 19.7 Å². The van der Waals surface area contributed by atoms with Crippen molar-refractivity contribution >= 4 is 46.0 Å². The van der Waals surface area contributed by atoms with Crippen molar-refractivity contribution in [3.63, 3.8) is 0 Å². The fourth-order valence-electron chi connectivity index (χ4n) is 2.88. The van der Waals surface area contributed by atoms with Gasteiger partial charge in [-0.25, -0.2) is 14.6 Å². The molecule has 1 atom stereocenters. The summed E-state index contributed by atoms with van der Waals surface area (Å²) in [6.45, 7) is 1.82. The van der Waals surface area contributed by atoms with E-state index in [2.05, 4.69) is 20.4 Å². The molecule has 0 spiro atoms. The van der Waals surface area contributed by atoms with Crippen LogP contribution in [-0.4, -0.2) is 38.0 Å². The zero-order chi connectivity index (χ0) is 21.1. The second kappa shape index (κ2) is 8.73. The predicted octanol–water partition coefficient (Wildman–Crippen LogP) is 4.60. The maximum absolute atomic E-state index is 12.7. The molecule has 2 aromatic carbocycles. The fourth-order valence-corrected chi connectivity index (χ4v) is 4.02. The highest BCUT2D eigenvalue weighted by atomic mass is 35.5. The minimum absolute atomic E-state index is 0.163. The largest absolute Gasteiger partial charge is 0.495 e. The summed E-state index contributed by atoms with van der Waals surface area (Å²) in [6.07, 6.45) is 3.21. The number of hydrogen-bond acceptors (Lipinski definition) is 6. The van der Waals surface area contributed by atoms with Gasteiger partial charge in [0.2, 0.25) is 5.91 Å². The number of thioether (sulfide) groups is 1. The number of amides is 1. The Kier molecular flexibility index (Phi) is 5.87. The Bertz CT molecular complexity index is 1200. The number of rotatable bonds is 6. The summed E-state index contributed by atoms with van der Waals surface area (Å²) in [5.41, 5.74) is 2.19. The summed E-state index contributed by atoms with van der Waals surface area (Å²) in [5.74, 6) is 0.388. The fraction of sp³-hybridized carbons (Fsp3) is 0.143. The van der Waals surface area contributed by atoms with Crippen LogP contribution in [0, 0.1) is 0 Å². The molecule has 0 radical (unpaired) electrons. The molecule has 0 aliphatic rings. The van der Waals surface area contributed by atoms with E-state index in [4.69, 9.17) is 16.3 Å². The molecule has 152 valence electrons. The molecule has 4 rings (SSSR count). The highest BCUT2D eigenvalue weighted by Crippen LogP contribution is 2.30. The molecule has 1 amide bonds. The number of carbonyl (C=O) groups is 1. The van der Waals surface area contributed by atoms with Crippen molar-refractivity contribution < 1.29 is 9.53 Å². The van der Waals surface area contributed by atoms with Crippen molar-refractivity contribution in [3.8, 4) is 11.4 Å². The molecule has 0 aliphatic carbocycles. The van der Waals surface area contributed by atoms with Gasteiger partial charge in [-0.3, -0.25) is 4.79 Å². The van der Waals surface area contributed by atoms with Gasteiger partial charge in [0.15, 0.2) is 5.65 Å². The van der Waals surface area contributed by atoms with Crippen molar-refractivity contribution in [2.24, 2.45) is 0 Å². The Balaban J connectivity index is 1.53. The van der Waals surface area contributed by atoms with Gasteiger partial charge in [-0.1, -0.05) is 41.6 Å². The molecular formula is C21H18ClN5O2S. The number of para-hydroxylation sites is 1. The molecule has 0 bridgehead atoms. The molecule has 7 nitrogen and oxygen atoms in total. The van der Waals surface area contributed by atoms with Crippen LogP contribution in [0.15, 0.2) is 66.1 Å². The van der Waals surface area contributed by atoms with Gasteiger partial charge in [-0.2, -0.15) is 5.10 Å². The van der Waals surface area contributed by atoms with E-state index in [1.165, 1.54) is 18.1 Å². The Morgan fingerprint density at radius 3 is 2.73 bits per heavy atom. The van der Waals surface area contributed by atoms with Crippen LogP contribution in [0.1, 0.15) is 6.92 Å². The minimum atomic E-state index is -0.399. The predicted molar refractivity (Wildman–Crippen MR) is 119 cm³/mol. The van der Waals surface area contributed by atoms with Crippen LogP contribution in [0.3, 0.4) is 0 Å². The van der Waals surface area contributed by atoms with Crippen LogP contribution in [0.4, 0.5) is 5.69 Å². The maximum atomic E-state index is 12.7. The summed E-state index contributed by atoms with van der Waals surface area (Å²) in [7, 11) is 1.54. The second-order valence-electron chi connectivity index (χ2n) is 6.41. The van der Waals surface area contributed by atoms with E-state index < -0.39 is 5.25 Å². The van der Waals surface area contributed by atoms with E-state index in [0.717, 1.165) is 11.1 Å². The first-order valence-corrected chi connectivity index (χ1v) is 10.4. The van der Waals surface area contributed by atoms with Crippen LogP contribution >= 0.6 is 23.4 Å². The molecule has 0 aliphatic heterocycles. The molecule has 9 heteroatoms. The SMILES string of the molecule is COc1ccc(NC(=O)C(C)Sc2ncnc3c2cnn3-c2ccccc2)cc1Cl. The van der Waals surface area contributed by atoms with Gasteiger partial charge in [0.1, 0.15) is 17.1 Å². The van der Waals surface area contributed by atoms with Crippen molar-refractivity contribution in [2.45, 2.75) is 17.2 Å². The first-order chi connectivity index (χ1) is 14.6. The summed E-state index contributed by atoms with van der Waals surface area (Å²) in [4.78, 5) is 21.4. The lowest BCUT2D eigenvalue weighted by Gasteiger charge is -2.13. The lowest BCUT2D eigenvalue weighted by molar-refractivity contribution is -0.115. The smallest absolute Gasteiger partial charge is 0.237 e. The lowest BCUT2D eigenvalue weighted by atomic mass is 10.3. The molecule has 2 heterocycles. The Hall–Kier alpha value is -3.10. The van der Waals surface area contributed by atoms with Crippen molar-refractivity contribution in [1.29, 1.82) is 0 Å². The monoisotopic (exact) mass is 439 g/mol. The van der Waals surface area contributed by atoms with Gasteiger partial charge in [0.25, 0.3) is 0 Å². The topological polar surface area (TPSA) is 81.9 Å². The van der Waals surface area contributed by atoms with E-state index in [0.29, 0.717) is 27.1 Å². The molecule has 0 saturated carbocycles. The summed E-state index contributed by atoms with van der Waals surface area (Å²) in [6, 6.07) is 14.8. The number of methoxy groups -OCH3 is 1. The molecule has 1 unspecified atom stereocenters. The number of anilines is 1. The maximum Gasteiger partial charge on any atom is 0.237 e. The van der Waals surface area contributed by atoms with Crippen LogP contribution in [0.25, 0.3) is 16.7 Å². The molecule has 2 aromatic heterocycles. The third-order valence-electron chi connectivity index (χ3n) is 4.41. The molecule has 0 saturated heterocycles. The number of halogens is 1. The average Bonchev–Trinajstić information content (AvgIpc) is 3.19. The molecule has 1 N–H and O–H groups in total. The zero-order valence-corrected chi connectivity index (χ0v) is 17.8. The Morgan fingerprint density at radius 1 is 1.20 bits per heavy atom. The van der Waals surface area contributed by atoms with Gasteiger partial charge in [-0.05, 0) is 37.3 Å². The molecule has 30 heavy (non-hydrogen) atoms. The third-order valence-corrected chi connectivity index (χ3v) is 5.82. The summed E-state index contributed by atoms with van der Waals surface area (Å²) < 4.78 is 6.89. The van der Waals surface area contributed by atoms with Crippen LogP contribution in [0.2, 0.25) is 5.02 Å². The lowest BCUT2D eigenvalue weighted by Crippen LogP contribution is -2.22. The quantitative estimate of drug-likeness (QED) is 0.349. The number of carbonyl (C=O) groups excluding carboxylic acids is 1. The zero-order valence-electron chi connectivity index (χ0n) is 16.2. The Morgan fingerprint density at radius 2 is 2.00 bits per heavy atom. The van der Waals surface area contributed by atoms with Crippen LogP contribution in [-0.2, 0) is 4.79 Å². The standard InChI is InChI=1S/C21H18ClN5O2S/c1-13(20(28)26-14-8-9-18(29-2)17(22)10-14)30-21-16-11-25-27(19(16)23-12-24-21)15-6-4-3-5-7-15/h3-13H,1-2H3,(H,26,28). The van der Waals surface area contributed by atoms with E-state index >= 15 is 0 Å². The number of benzene rings is 2. The van der Waals surface area contributed by atoms with Gasteiger partial charge in [0.05, 0.1) is 34.7 Å². The van der Waals surface area contributed by atoms with Gasteiger partial charge >= 0.3 is 0 Å². The van der Waals surface area contributed by atoms with Crippen LogP contribution < -0.4 is 10.1 Å². The number of nitrogens with zero attached hydrogens (tertiary/aromatic N) is 4. The average molecular weight is 440 g/mol. The molecule has 0 fully saturated rings. The van der Waals surface area contributed by atoms with E-state index in [1.807, 2.05) is 37.3 Å². The third kappa shape index (κ3) is 4.10. The number of fused-ring (bicyclic) bond motifs is 1. The number of hydrogen-bond donors (Lipinski definition) is 1. The number of aromatic nitrogens is 4. The Labute approximate surface area is 182 Å². The summed E-state index contributed by atoms with van der Waals surface area (Å²) >= 11 is 7.48. The highest BCUT2D eigenvalue weighted by Gasteiger charge is 2.19. The normalized spacial score (nSPS) is 12.0. The van der Waals surface area contributed by atoms with Crippen LogP contribution in [0.5, 0.6) is 5.75 Å². The number of ether oxygens (including phenoxy) is 1. The van der Waals surface area contributed by atoms with E-state index in [1.54, 1.807) is 36.2 Å². The van der Waals surface area contributed by atoms with E-state index in [-0.39, 0.29) is 5.91 Å².